The molecule has 0 atom stereocenters. The zero-order valence-corrected chi connectivity index (χ0v) is 15.9. The zero-order chi connectivity index (χ0) is 18.5. The molecule has 1 amide bonds. The smallest absolute Gasteiger partial charge is 0.358 e. The van der Waals surface area contributed by atoms with Crippen LogP contribution in [-0.4, -0.2) is 25.4 Å². The first kappa shape index (κ1) is 18.2. The Morgan fingerprint density at radius 2 is 2.15 bits per heavy atom. The number of nitrogens with zero attached hydrogens (tertiary/aromatic N) is 4. The summed E-state index contributed by atoms with van der Waals surface area (Å²) in [6.07, 6.45) is 5.29. The number of amides is 1. The minimum atomic E-state index is -0.571. The number of carbonyl (C=O) groups excluding carboxylic acids is 1. The predicted octanol–water partition coefficient (Wildman–Crippen LogP) is 3.63. The summed E-state index contributed by atoms with van der Waals surface area (Å²) < 4.78 is 2.55. The average molecular weight is 436 g/mol. The van der Waals surface area contributed by atoms with Gasteiger partial charge in [-0.1, -0.05) is 34.1 Å². The summed E-state index contributed by atoms with van der Waals surface area (Å²) in [6, 6.07) is 7.96. The van der Waals surface area contributed by atoms with Gasteiger partial charge in [-0.2, -0.15) is 0 Å². The van der Waals surface area contributed by atoms with E-state index in [1.54, 1.807) is 6.20 Å². The molecule has 2 heterocycles. The molecule has 3 aromatic rings. The van der Waals surface area contributed by atoms with Crippen molar-refractivity contribution >= 4 is 44.1 Å². The largest absolute Gasteiger partial charge is 0.381 e. The summed E-state index contributed by atoms with van der Waals surface area (Å²) in [6.45, 7) is 0.307. The third-order valence-corrected chi connectivity index (χ3v) is 5.21. The van der Waals surface area contributed by atoms with Crippen LogP contribution in [0.1, 0.15) is 16.9 Å². The van der Waals surface area contributed by atoms with Crippen LogP contribution in [0, 0.1) is 10.1 Å². The Balaban J connectivity index is 1.52. The monoisotopic (exact) mass is 435 g/mol. The summed E-state index contributed by atoms with van der Waals surface area (Å²) in [5.41, 5.74) is 1.15. The number of imidazole rings is 1. The molecule has 1 aromatic carbocycles. The second kappa shape index (κ2) is 8.19. The van der Waals surface area contributed by atoms with Gasteiger partial charge in [0.25, 0.3) is 0 Å². The number of thiazole rings is 1. The van der Waals surface area contributed by atoms with E-state index in [9.17, 15) is 14.9 Å². The molecule has 8 nitrogen and oxygen atoms in total. The van der Waals surface area contributed by atoms with E-state index in [0.29, 0.717) is 11.7 Å². The number of aryl methyl sites for hydroxylation is 1. The highest BCUT2D eigenvalue weighted by atomic mass is 79.9. The molecule has 0 aliphatic heterocycles. The van der Waals surface area contributed by atoms with Gasteiger partial charge < -0.3 is 20.0 Å². The third-order valence-electron chi connectivity index (χ3n) is 3.53. The maximum Gasteiger partial charge on any atom is 0.381 e. The molecule has 0 saturated carbocycles. The SMILES string of the molecule is O=C(CCn1cnc([N+](=O)[O-])c1)Nc1ncc(Cc2ccccc2Br)s1. The number of nitrogens with one attached hydrogen (secondary N) is 1. The van der Waals surface area contributed by atoms with Gasteiger partial charge >= 0.3 is 5.82 Å². The van der Waals surface area contributed by atoms with E-state index in [2.05, 4.69) is 31.2 Å². The van der Waals surface area contributed by atoms with Gasteiger partial charge in [0.1, 0.15) is 6.20 Å². The number of benzene rings is 1. The number of nitro groups is 1. The van der Waals surface area contributed by atoms with E-state index < -0.39 is 4.92 Å². The van der Waals surface area contributed by atoms with Crippen LogP contribution in [0.4, 0.5) is 10.9 Å². The molecule has 0 radical (unpaired) electrons. The lowest BCUT2D eigenvalue weighted by Gasteiger charge is -2.02. The van der Waals surface area contributed by atoms with Crippen LogP contribution in [0.5, 0.6) is 0 Å². The second-order valence-corrected chi connectivity index (χ2v) is 7.39. The average Bonchev–Trinajstić information content (AvgIpc) is 3.25. The normalized spacial score (nSPS) is 10.7. The number of halogens is 1. The minimum Gasteiger partial charge on any atom is -0.358 e. The molecule has 0 unspecified atom stereocenters. The van der Waals surface area contributed by atoms with Gasteiger partial charge in [-0.05, 0) is 21.5 Å². The fourth-order valence-electron chi connectivity index (χ4n) is 2.25. The van der Waals surface area contributed by atoms with Crippen LogP contribution in [0.2, 0.25) is 0 Å². The van der Waals surface area contributed by atoms with Gasteiger partial charge in [0.2, 0.25) is 12.2 Å². The van der Waals surface area contributed by atoms with Crippen LogP contribution in [0.25, 0.3) is 0 Å². The van der Waals surface area contributed by atoms with E-state index in [1.807, 2.05) is 24.3 Å². The van der Waals surface area contributed by atoms with Gasteiger partial charge in [-0.15, -0.1) is 11.3 Å². The van der Waals surface area contributed by atoms with Crippen molar-refractivity contribution in [3.63, 3.8) is 0 Å². The number of aromatic nitrogens is 3. The van der Waals surface area contributed by atoms with Crippen molar-refractivity contribution < 1.29 is 9.72 Å². The van der Waals surface area contributed by atoms with Crippen molar-refractivity contribution in [1.29, 1.82) is 0 Å². The molecule has 0 aliphatic carbocycles. The van der Waals surface area contributed by atoms with E-state index in [-0.39, 0.29) is 18.1 Å². The van der Waals surface area contributed by atoms with Crippen LogP contribution in [0.3, 0.4) is 0 Å². The van der Waals surface area contributed by atoms with Gasteiger partial charge in [0.05, 0.1) is 0 Å². The summed E-state index contributed by atoms with van der Waals surface area (Å²) in [5, 5.41) is 13.9. The quantitative estimate of drug-likeness (QED) is 0.450. The fourth-order valence-corrected chi connectivity index (χ4v) is 3.53. The van der Waals surface area contributed by atoms with Crippen molar-refractivity contribution in [2.45, 2.75) is 19.4 Å². The van der Waals surface area contributed by atoms with E-state index in [1.165, 1.54) is 28.4 Å². The van der Waals surface area contributed by atoms with Crippen molar-refractivity contribution in [2.24, 2.45) is 0 Å². The zero-order valence-electron chi connectivity index (χ0n) is 13.5. The molecule has 0 bridgehead atoms. The number of hydrogen-bond acceptors (Lipinski definition) is 6. The van der Waals surface area contributed by atoms with E-state index in [0.717, 1.165) is 21.3 Å². The lowest BCUT2D eigenvalue weighted by Crippen LogP contribution is -2.13. The molecule has 0 saturated heterocycles. The lowest BCUT2D eigenvalue weighted by molar-refractivity contribution is -0.389. The topological polar surface area (TPSA) is 103 Å². The van der Waals surface area contributed by atoms with Gasteiger partial charge in [0, 0.05) is 34.9 Å². The first-order chi connectivity index (χ1) is 12.5. The molecular weight excluding hydrogens is 422 g/mol. The van der Waals surface area contributed by atoms with Crippen LogP contribution in [-0.2, 0) is 17.8 Å². The lowest BCUT2D eigenvalue weighted by atomic mass is 10.1. The molecule has 0 fully saturated rings. The number of rotatable bonds is 7. The Hall–Kier alpha value is -2.59. The van der Waals surface area contributed by atoms with Gasteiger partial charge in [0.15, 0.2) is 5.13 Å². The number of hydrogen-bond donors (Lipinski definition) is 1. The molecule has 26 heavy (non-hydrogen) atoms. The predicted molar refractivity (Wildman–Crippen MR) is 101 cm³/mol. The molecule has 3 rings (SSSR count). The Morgan fingerprint density at radius 1 is 1.35 bits per heavy atom. The standard InChI is InChI=1S/C16H14BrN5O3S/c17-13-4-2-1-3-11(13)7-12-8-18-16(26-12)20-15(23)5-6-21-9-14(19-10-21)22(24)25/h1-4,8-10H,5-7H2,(H,18,20,23). The molecule has 1 N–H and O–H groups in total. The highest BCUT2D eigenvalue weighted by Gasteiger charge is 2.12. The Labute approximate surface area is 161 Å². The van der Waals surface area contributed by atoms with Crippen molar-refractivity contribution in [3.8, 4) is 0 Å². The summed E-state index contributed by atoms with van der Waals surface area (Å²) in [5.74, 6) is -0.440. The first-order valence-electron chi connectivity index (χ1n) is 7.65. The van der Waals surface area contributed by atoms with Crippen molar-refractivity contribution in [2.75, 3.05) is 5.32 Å². The Bertz CT molecular complexity index is 939. The highest BCUT2D eigenvalue weighted by Crippen LogP contribution is 2.25. The minimum absolute atomic E-state index is 0.173. The van der Waals surface area contributed by atoms with Crippen LogP contribution >= 0.6 is 27.3 Å². The van der Waals surface area contributed by atoms with Crippen LogP contribution in [0.15, 0.2) is 47.5 Å². The summed E-state index contributed by atoms with van der Waals surface area (Å²) in [4.78, 5) is 31.0. The first-order valence-corrected chi connectivity index (χ1v) is 9.26. The van der Waals surface area contributed by atoms with E-state index in [4.69, 9.17) is 0 Å². The maximum atomic E-state index is 12.0. The maximum absolute atomic E-state index is 12.0. The van der Waals surface area contributed by atoms with Crippen LogP contribution < -0.4 is 5.32 Å². The molecule has 2 aromatic heterocycles. The van der Waals surface area contributed by atoms with Gasteiger partial charge in [-0.3, -0.25) is 4.79 Å². The number of carbonyl (C=O) groups is 1. The van der Waals surface area contributed by atoms with Gasteiger partial charge in [-0.25, -0.2) is 4.98 Å². The molecule has 134 valence electrons. The highest BCUT2D eigenvalue weighted by molar-refractivity contribution is 9.10. The van der Waals surface area contributed by atoms with E-state index >= 15 is 0 Å². The Kier molecular flexibility index (Phi) is 5.74. The third kappa shape index (κ3) is 4.73. The summed E-state index contributed by atoms with van der Waals surface area (Å²) in [7, 11) is 0. The number of anilines is 1. The molecule has 10 heteroatoms. The molecular formula is C16H14BrN5O3S. The summed E-state index contributed by atoms with van der Waals surface area (Å²) >= 11 is 4.94. The Morgan fingerprint density at radius 3 is 2.88 bits per heavy atom. The molecule has 0 aliphatic rings. The van der Waals surface area contributed by atoms with Crippen molar-refractivity contribution in [3.05, 3.63) is 68.0 Å². The second-order valence-electron chi connectivity index (χ2n) is 5.42. The van der Waals surface area contributed by atoms with Crippen molar-refractivity contribution in [1.82, 2.24) is 14.5 Å². The molecule has 0 spiro atoms. The fraction of sp³-hybridized carbons (Fsp3) is 0.188.